The van der Waals surface area contributed by atoms with Gasteiger partial charge in [0.1, 0.15) is 0 Å². The molecule has 0 aliphatic carbocycles. The van der Waals surface area contributed by atoms with Crippen molar-refractivity contribution in [2.24, 2.45) is 0 Å². The van der Waals surface area contributed by atoms with E-state index in [9.17, 15) is 4.79 Å². The lowest BCUT2D eigenvalue weighted by molar-refractivity contribution is 0.0930. The minimum absolute atomic E-state index is 0.0391. The number of carbonyl (C=O) groups is 1. The second-order valence-corrected chi connectivity index (χ2v) is 4.63. The highest BCUT2D eigenvalue weighted by atomic mass is 16.5. The van der Waals surface area contributed by atoms with Crippen LogP contribution in [0.4, 0.5) is 5.69 Å². The number of benzene rings is 1. The van der Waals surface area contributed by atoms with E-state index in [0.717, 1.165) is 25.1 Å². The van der Waals surface area contributed by atoms with Crippen LogP contribution in [0.5, 0.6) is 0 Å². The number of ether oxygens (including phenoxy) is 1. The van der Waals surface area contributed by atoms with Crippen molar-refractivity contribution in [1.82, 2.24) is 5.32 Å². The third-order valence-electron chi connectivity index (χ3n) is 2.87. The predicted octanol–water partition coefficient (Wildman–Crippen LogP) is 2.66. The first-order valence-corrected chi connectivity index (χ1v) is 6.81. The van der Waals surface area contributed by atoms with Gasteiger partial charge >= 0.3 is 0 Å². The fourth-order valence-corrected chi connectivity index (χ4v) is 1.76. The van der Waals surface area contributed by atoms with Crippen LogP contribution in [-0.4, -0.2) is 32.2 Å². The molecule has 19 heavy (non-hydrogen) atoms. The molecule has 0 aromatic heterocycles. The van der Waals surface area contributed by atoms with Crippen molar-refractivity contribution in [1.29, 1.82) is 0 Å². The van der Waals surface area contributed by atoms with Crippen LogP contribution >= 0.6 is 0 Å². The zero-order valence-corrected chi connectivity index (χ0v) is 12.0. The summed E-state index contributed by atoms with van der Waals surface area (Å²) in [5, 5.41) is 6.26. The van der Waals surface area contributed by atoms with Gasteiger partial charge in [0.25, 0.3) is 5.91 Å². The molecule has 0 bridgehead atoms. The topological polar surface area (TPSA) is 50.4 Å². The van der Waals surface area contributed by atoms with Crippen LogP contribution in [0.2, 0.25) is 0 Å². The highest BCUT2D eigenvalue weighted by Gasteiger charge is 2.12. The first-order chi connectivity index (χ1) is 9.19. The van der Waals surface area contributed by atoms with Gasteiger partial charge in [0.2, 0.25) is 0 Å². The number of hydrogen-bond acceptors (Lipinski definition) is 3. The van der Waals surface area contributed by atoms with Crippen molar-refractivity contribution in [3.8, 4) is 0 Å². The van der Waals surface area contributed by atoms with Gasteiger partial charge in [-0.15, -0.1) is 0 Å². The zero-order valence-electron chi connectivity index (χ0n) is 12.0. The first kappa shape index (κ1) is 15.5. The predicted molar refractivity (Wildman–Crippen MR) is 78.6 cm³/mol. The molecule has 1 aromatic rings. The molecule has 0 aliphatic heterocycles. The lowest BCUT2D eigenvalue weighted by atomic mass is 10.1. The van der Waals surface area contributed by atoms with Gasteiger partial charge in [-0.25, -0.2) is 0 Å². The number of anilines is 1. The Kier molecular flexibility index (Phi) is 6.97. The Balaban J connectivity index is 2.65. The van der Waals surface area contributed by atoms with Gasteiger partial charge in [0, 0.05) is 32.0 Å². The fraction of sp³-hybridized carbons (Fsp3) is 0.533. The van der Waals surface area contributed by atoms with E-state index in [4.69, 9.17) is 4.74 Å². The number of hydrogen-bond donors (Lipinski definition) is 2. The average Bonchev–Trinajstić information content (AvgIpc) is 2.43. The smallest absolute Gasteiger partial charge is 0.253 e. The molecule has 4 heteroatoms. The highest BCUT2D eigenvalue weighted by Crippen LogP contribution is 2.15. The Morgan fingerprint density at radius 2 is 2.11 bits per heavy atom. The van der Waals surface area contributed by atoms with Crippen molar-refractivity contribution in [2.75, 3.05) is 25.6 Å². The van der Waals surface area contributed by atoms with Gasteiger partial charge in [0.15, 0.2) is 0 Å². The van der Waals surface area contributed by atoms with Crippen molar-refractivity contribution >= 4 is 11.6 Å². The van der Waals surface area contributed by atoms with E-state index >= 15 is 0 Å². The molecule has 2 N–H and O–H groups in total. The van der Waals surface area contributed by atoms with E-state index in [1.165, 1.54) is 0 Å². The molecule has 0 radical (unpaired) electrons. The van der Waals surface area contributed by atoms with Crippen LogP contribution in [0.3, 0.4) is 0 Å². The summed E-state index contributed by atoms with van der Waals surface area (Å²) in [5.74, 6) is -0.0391. The largest absolute Gasteiger partial charge is 0.385 e. The van der Waals surface area contributed by atoms with Crippen molar-refractivity contribution in [3.63, 3.8) is 0 Å². The van der Waals surface area contributed by atoms with E-state index in [1.54, 1.807) is 7.11 Å². The molecule has 0 spiro atoms. The molecule has 106 valence electrons. The van der Waals surface area contributed by atoms with Crippen LogP contribution in [0.25, 0.3) is 0 Å². The maximum atomic E-state index is 12.2. The van der Waals surface area contributed by atoms with Crippen LogP contribution in [0.1, 0.15) is 37.0 Å². The van der Waals surface area contributed by atoms with Crippen LogP contribution in [0, 0.1) is 0 Å². The standard InChI is InChI=1S/C15H24N2O2/c1-4-10-16-14-8-6-5-7-13(14)15(18)17-12(2)9-11-19-3/h5-8,12,16H,4,9-11H2,1-3H3,(H,17,18). The van der Waals surface area contributed by atoms with Gasteiger partial charge in [0.05, 0.1) is 5.56 Å². The first-order valence-electron chi connectivity index (χ1n) is 6.81. The molecule has 1 amide bonds. The van der Waals surface area contributed by atoms with Crippen molar-refractivity contribution in [2.45, 2.75) is 32.7 Å². The quantitative estimate of drug-likeness (QED) is 0.759. The van der Waals surface area contributed by atoms with E-state index < -0.39 is 0 Å². The second kappa shape index (κ2) is 8.53. The summed E-state index contributed by atoms with van der Waals surface area (Å²) in [6.07, 6.45) is 1.84. The molecular weight excluding hydrogens is 240 g/mol. The number of para-hydroxylation sites is 1. The number of amides is 1. The zero-order chi connectivity index (χ0) is 14.1. The normalized spacial score (nSPS) is 11.9. The van der Waals surface area contributed by atoms with Gasteiger partial charge in [-0.05, 0) is 31.9 Å². The van der Waals surface area contributed by atoms with Crippen molar-refractivity contribution in [3.05, 3.63) is 29.8 Å². The van der Waals surface area contributed by atoms with Gasteiger partial charge < -0.3 is 15.4 Å². The molecular formula is C15H24N2O2. The van der Waals surface area contributed by atoms with Crippen LogP contribution < -0.4 is 10.6 Å². The average molecular weight is 264 g/mol. The highest BCUT2D eigenvalue weighted by molar-refractivity contribution is 5.99. The molecule has 1 rings (SSSR count). The number of methoxy groups -OCH3 is 1. The third kappa shape index (κ3) is 5.30. The van der Waals surface area contributed by atoms with Gasteiger partial charge in [-0.1, -0.05) is 19.1 Å². The molecule has 0 aliphatic rings. The Hall–Kier alpha value is -1.55. The number of rotatable bonds is 8. The Morgan fingerprint density at radius 1 is 1.37 bits per heavy atom. The SMILES string of the molecule is CCCNc1ccccc1C(=O)NC(C)CCOC. The summed E-state index contributed by atoms with van der Waals surface area (Å²) in [4.78, 5) is 12.2. The lowest BCUT2D eigenvalue weighted by Gasteiger charge is -2.16. The summed E-state index contributed by atoms with van der Waals surface area (Å²) >= 11 is 0. The summed E-state index contributed by atoms with van der Waals surface area (Å²) in [7, 11) is 1.67. The van der Waals surface area contributed by atoms with E-state index in [1.807, 2.05) is 31.2 Å². The summed E-state index contributed by atoms with van der Waals surface area (Å²) in [6.45, 7) is 5.60. The van der Waals surface area contributed by atoms with Crippen LogP contribution in [0.15, 0.2) is 24.3 Å². The second-order valence-electron chi connectivity index (χ2n) is 4.63. The molecule has 0 saturated carbocycles. The number of carbonyl (C=O) groups excluding carboxylic acids is 1. The minimum atomic E-state index is -0.0391. The third-order valence-corrected chi connectivity index (χ3v) is 2.87. The molecule has 1 unspecified atom stereocenters. The van der Waals surface area contributed by atoms with Gasteiger partial charge in [-0.2, -0.15) is 0 Å². The maximum absolute atomic E-state index is 12.2. The number of nitrogens with one attached hydrogen (secondary N) is 2. The summed E-state index contributed by atoms with van der Waals surface area (Å²) in [5.41, 5.74) is 1.58. The molecule has 0 fully saturated rings. The monoisotopic (exact) mass is 264 g/mol. The molecule has 1 aromatic carbocycles. The van der Waals surface area contributed by atoms with Gasteiger partial charge in [-0.3, -0.25) is 4.79 Å². The fourth-order valence-electron chi connectivity index (χ4n) is 1.76. The molecule has 0 saturated heterocycles. The summed E-state index contributed by atoms with van der Waals surface area (Å²) < 4.78 is 5.01. The summed E-state index contributed by atoms with van der Waals surface area (Å²) in [6, 6.07) is 7.70. The van der Waals surface area contributed by atoms with E-state index in [2.05, 4.69) is 17.6 Å². The molecule has 0 heterocycles. The Labute approximate surface area is 115 Å². The van der Waals surface area contributed by atoms with E-state index in [0.29, 0.717) is 12.2 Å². The lowest BCUT2D eigenvalue weighted by Crippen LogP contribution is -2.33. The van der Waals surface area contributed by atoms with Crippen LogP contribution in [-0.2, 0) is 4.74 Å². The minimum Gasteiger partial charge on any atom is -0.385 e. The maximum Gasteiger partial charge on any atom is 0.253 e. The van der Waals surface area contributed by atoms with E-state index in [-0.39, 0.29) is 11.9 Å². The van der Waals surface area contributed by atoms with Crippen molar-refractivity contribution < 1.29 is 9.53 Å². The molecule has 1 atom stereocenters. The Bertz CT molecular complexity index is 393. The molecule has 4 nitrogen and oxygen atoms in total. The Morgan fingerprint density at radius 3 is 2.79 bits per heavy atom.